The SMILES string of the molecule is O=C(O)CC1CCCCN1S(=O)(=O)c1cnn(-c2ccccc2)c1. The summed E-state index contributed by atoms with van der Waals surface area (Å²) in [6.45, 7) is 0.344. The summed E-state index contributed by atoms with van der Waals surface area (Å²) in [5.41, 5.74) is 0.764. The van der Waals surface area contributed by atoms with E-state index in [1.165, 1.54) is 21.4 Å². The molecule has 0 bridgehead atoms. The van der Waals surface area contributed by atoms with Crippen molar-refractivity contribution in [2.75, 3.05) is 6.54 Å². The molecule has 1 fully saturated rings. The molecule has 1 N–H and O–H groups in total. The van der Waals surface area contributed by atoms with Gasteiger partial charge in [-0.1, -0.05) is 24.6 Å². The number of carboxylic acids is 1. The van der Waals surface area contributed by atoms with Gasteiger partial charge in [0.1, 0.15) is 4.90 Å². The van der Waals surface area contributed by atoms with Crippen LogP contribution in [0.5, 0.6) is 0 Å². The van der Waals surface area contributed by atoms with Crippen molar-refractivity contribution < 1.29 is 18.3 Å². The van der Waals surface area contributed by atoms with Crippen LogP contribution in [0.25, 0.3) is 5.69 Å². The Balaban J connectivity index is 1.89. The summed E-state index contributed by atoms with van der Waals surface area (Å²) < 4.78 is 28.6. The van der Waals surface area contributed by atoms with Crippen molar-refractivity contribution in [3.05, 3.63) is 42.7 Å². The van der Waals surface area contributed by atoms with E-state index in [-0.39, 0.29) is 11.3 Å². The van der Waals surface area contributed by atoms with E-state index in [4.69, 9.17) is 5.11 Å². The maximum atomic E-state index is 12.9. The maximum absolute atomic E-state index is 12.9. The van der Waals surface area contributed by atoms with Gasteiger partial charge in [-0.25, -0.2) is 13.1 Å². The third-order valence-corrected chi connectivity index (χ3v) is 6.07. The monoisotopic (exact) mass is 349 g/mol. The van der Waals surface area contributed by atoms with Gasteiger partial charge in [-0.15, -0.1) is 0 Å². The average Bonchev–Trinajstić information content (AvgIpc) is 3.06. The molecular weight excluding hydrogens is 330 g/mol. The standard InChI is InChI=1S/C16H19N3O4S/c20-16(21)10-14-8-4-5-9-19(14)24(22,23)15-11-17-18(12-15)13-6-2-1-3-7-13/h1-3,6-7,11-12,14H,4-5,8-10H2,(H,20,21). The molecule has 7 nitrogen and oxygen atoms in total. The van der Waals surface area contributed by atoms with Gasteiger partial charge in [0.15, 0.2) is 0 Å². The number of aromatic nitrogens is 2. The zero-order valence-corrected chi connectivity index (χ0v) is 13.9. The molecule has 8 heteroatoms. The molecule has 24 heavy (non-hydrogen) atoms. The molecule has 0 radical (unpaired) electrons. The van der Waals surface area contributed by atoms with Crippen LogP contribution in [0.15, 0.2) is 47.6 Å². The highest BCUT2D eigenvalue weighted by atomic mass is 32.2. The molecule has 1 aliphatic heterocycles. The van der Waals surface area contributed by atoms with Crippen LogP contribution < -0.4 is 0 Å². The molecule has 0 amide bonds. The van der Waals surface area contributed by atoms with Crippen LogP contribution in [0, 0.1) is 0 Å². The summed E-state index contributed by atoms with van der Waals surface area (Å²) >= 11 is 0. The van der Waals surface area contributed by atoms with E-state index in [9.17, 15) is 13.2 Å². The fraction of sp³-hybridized carbons (Fsp3) is 0.375. The van der Waals surface area contributed by atoms with Crippen LogP contribution in [0.4, 0.5) is 0 Å². The Labute approximate surface area is 140 Å². The Morgan fingerprint density at radius 2 is 2.00 bits per heavy atom. The smallest absolute Gasteiger partial charge is 0.304 e. The summed E-state index contributed by atoms with van der Waals surface area (Å²) in [5, 5.41) is 13.2. The Bertz CT molecular complexity index is 817. The zero-order valence-electron chi connectivity index (χ0n) is 13.1. The minimum atomic E-state index is -3.76. The number of sulfonamides is 1. The lowest BCUT2D eigenvalue weighted by Gasteiger charge is -2.33. The lowest BCUT2D eigenvalue weighted by molar-refractivity contribution is -0.138. The van der Waals surface area contributed by atoms with Crippen LogP contribution in [-0.2, 0) is 14.8 Å². The van der Waals surface area contributed by atoms with Crippen molar-refractivity contribution in [2.45, 2.75) is 36.6 Å². The fourth-order valence-corrected chi connectivity index (χ4v) is 4.62. The lowest BCUT2D eigenvalue weighted by Crippen LogP contribution is -2.44. The number of carbonyl (C=O) groups is 1. The van der Waals surface area contributed by atoms with Gasteiger partial charge in [0, 0.05) is 12.6 Å². The Morgan fingerprint density at radius 1 is 1.25 bits per heavy atom. The van der Waals surface area contributed by atoms with Crippen LogP contribution in [0.2, 0.25) is 0 Å². The van der Waals surface area contributed by atoms with E-state index >= 15 is 0 Å². The van der Waals surface area contributed by atoms with Crippen molar-refractivity contribution in [2.24, 2.45) is 0 Å². The Hall–Kier alpha value is -2.19. The molecule has 2 heterocycles. The molecule has 0 aliphatic carbocycles. The van der Waals surface area contributed by atoms with Crippen molar-refractivity contribution in [3.8, 4) is 5.69 Å². The van der Waals surface area contributed by atoms with Crippen LogP contribution in [0.1, 0.15) is 25.7 Å². The first-order valence-corrected chi connectivity index (χ1v) is 9.26. The second-order valence-electron chi connectivity index (χ2n) is 5.82. The summed E-state index contributed by atoms with van der Waals surface area (Å²) in [6.07, 6.45) is 4.76. The van der Waals surface area contributed by atoms with Gasteiger partial charge in [-0.2, -0.15) is 9.40 Å². The number of nitrogens with zero attached hydrogens (tertiary/aromatic N) is 3. The van der Waals surface area contributed by atoms with Crippen LogP contribution in [-0.4, -0.2) is 46.2 Å². The number of hydrogen-bond donors (Lipinski definition) is 1. The van der Waals surface area contributed by atoms with Crippen molar-refractivity contribution in [3.63, 3.8) is 0 Å². The molecule has 128 valence electrons. The predicted octanol–water partition coefficient (Wildman–Crippen LogP) is 1.89. The minimum absolute atomic E-state index is 0.0867. The average molecular weight is 349 g/mol. The third kappa shape index (κ3) is 3.34. The summed E-state index contributed by atoms with van der Waals surface area (Å²) in [6, 6.07) is 8.72. The zero-order chi connectivity index (χ0) is 17.2. The molecule has 1 unspecified atom stereocenters. The molecule has 0 spiro atoms. The number of carboxylic acid groups (broad SMARTS) is 1. The van der Waals surface area contributed by atoms with E-state index < -0.39 is 22.0 Å². The van der Waals surface area contributed by atoms with Gasteiger partial charge in [0.25, 0.3) is 0 Å². The topological polar surface area (TPSA) is 92.5 Å². The fourth-order valence-electron chi connectivity index (χ4n) is 2.99. The lowest BCUT2D eigenvalue weighted by atomic mass is 10.0. The van der Waals surface area contributed by atoms with Crippen LogP contribution >= 0.6 is 0 Å². The Morgan fingerprint density at radius 3 is 2.71 bits per heavy atom. The highest BCUT2D eigenvalue weighted by Gasteiger charge is 2.35. The number of piperidine rings is 1. The normalized spacial score (nSPS) is 19.2. The van der Waals surface area contributed by atoms with Crippen molar-refractivity contribution in [1.29, 1.82) is 0 Å². The van der Waals surface area contributed by atoms with E-state index in [1.807, 2.05) is 30.3 Å². The van der Waals surface area contributed by atoms with Gasteiger partial charge in [0.2, 0.25) is 10.0 Å². The highest BCUT2D eigenvalue weighted by Crippen LogP contribution is 2.27. The van der Waals surface area contributed by atoms with E-state index in [1.54, 1.807) is 0 Å². The van der Waals surface area contributed by atoms with E-state index in [0.717, 1.165) is 18.5 Å². The number of hydrogen-bond acceptors (Lipinski definition) is 4. The third-order valence-electron chi connectivity index (χ3n) is 4.17. The summed E-state index contributed by atoms with van der Waals surface area (Å²) in [7, 11) is -3.76. The summed E-state index contributed by atoms with van der Waals surface area (Å²) in [4.78, 5) is 11.1. The minimum Gasteiger partial charge on any atom is -0.481 e. The number of para-hydroxylation sites is 1. The number of benzene rings is 1. The molecule has 0 saturated carbocycles. The number of rotatable bonds is 5. The number of aliphatic carboxylic acids is 1. The van der Waals surface area contributed by atoms with Gasteiger partial charge in [-0.05, 0) is 25.0 Å². The first-order chi connectivity index (χ1) is 11.5. The molecule has 1 aliphatic rings. The van der Waals surface area contributed by atoms with Gasteiger partial charge < -0.3 is 5.11 Å². The molecule has 1 atom stereocenters. The molecule has 1 saturated heterocycles. The molecule has 1 aromatic heterocycles. The van der Waals surface area contributed by atoms with Gasteiger partial charge in [0.05, 0.1) is 24.5 Å². The first kappa shape index (κ1) is 16.7. The highest BCUT2D eigenvalue weighted by molar-refractivity contribution is 7.89. The predicted molar refractivity (Wildman–Crippen MR) is 87.3 cm³/mol. The van der Waals surface area contributed by atoms with Crippen molar-refractivity contribution in [1.82, 2.24) is 14.1 Å². The quantitative estimate of drug-likeness (QED) is 0.890. The first-order valence-electron chi connectivity index (χ1n) is 7.82. The Kier molecular flexibility index (Phi) is 4.68. The largest absolute Gasteiger partial charge is 0.481 e. The van der Waals surface area contributed by atoms with Gasteiger partial charge >= 0.3 is 5.97 Å². The van der Waals surface area contributed by atoms with Gasteiger partial charge in [-0.3, -0.25) is 4.79 Å². The van der Waals surface area contributed by atoms with E-state index in [0.29, 0.717) is 13.0 Å². The maximum Gasteiger partial charge on any atom is 0.304 e. The second-order valence-corrected chi connectivity index (χ2v) is 7.71. The molecule has 2 aromatic rings. The van der Waals surface area contributed by atoms with Crippen molar-refractivity contribution >= 4 is 16.0 Å². The van der Waals surface area contributed by atoms with E-state index in [2.05, 4.69) is 5.10 Å². The second kappa shape index (κ2) is 6.74. The molecule has 3 rings (SSSR count). The molecular formula is C16H19N3O4S. The molecule has 1 aromatic carbocycles. The summed E-state index contributed by atoms with van der Waals surface area (Å²) in [5.74, 6) is -0.984. The van der Waals surface area contributed by atoms with Crippen LogP contribution in [0.3, 0.4) is 0 Å².